The Morgan fingerprint density at radius 2 is 2.00 bits per heavy atom. The molecule has 1 aromatic rings. The highest BCUT2D eigenvalue weighted by molar-refractivity contribution is 8.00. The number of benzene rings is 1. The second kappa shape index (κ2) is 8.03. The minimum atomic E-state index is -0.495. The van der Waals surface area contributed by atoms with E-state index in [1.807, 2.05) is 6.92 Å². The van der Waals surface area contributed by atoms with Gasteiger partial charge in [-0.05, 0) is 29.5 Å². The molecule has 5 heteroatoms. The summed E-state index contributed by atoms with van der Waals surface area (Å²) in [5.74, 6) is -0.109. The summed E-state index contributed by atoms with van der Waals surface area (Å²) in [4.78, 5) is 24.2. The van der Waals surface area contributed by atoms with Crippen LogP contribution in [-0.2, 0) is 10.2 Å². The largest absolute Gasteiger partial charge is 0.334 e. The Bertz CT molecular complexity index is 562. The first-order chi connectivity index (χ1) is 10.2. The fraction of sp³-hybridized carbons (Fsp3) is 0.412. The van der Waals surface area contributed by atoms with Crippen LogP contribution < -0.4 is 10.6 Å². The summed E-state index contributed by atoms with van der Waals surface area (Å²) in [6.07, 6.45) is 1.56. The third kappa shape index (κ3) is 5.93. The van der Waals surface area contributed by atoms with Gasteiger partial charge in [0.2, 0.25) is 5.91 Å². The van der Waals surface area contributed by atoms with Gasteiger partial charge in [-0.15, -0.1) is 18.3 Å². The number of imide groups is 1. The van der Waals surface area contributed by atoms with E-state index in [1.54, 1.807) is 6.08 Å². The third-order valence-corrected chi connectivity index (χ3v) is 4.23. The summed E-state index contributed by atoms with van der Waals surface area (Å²) in [7, 11) is 0. The van der Waals surface area contributed by atoms with Crippen LogP contribution in [0.2, 0.25) is 0 Å². The monoisotopic (exact) mass is 320 g/mol. The minimum absolute atomic E-state index is 0.0653. The second-order valence-corrected chi connectivity index (χ2v) is 7.08. The van der Waals surface area contributed by atoms with Crippen LogP contribution in [0, 0.1) is 6.92 Å². The molecule has 0 saturated heterocycles. The van der Waals surface area contributed by atoms with E-state index in [0.29, 0.717) is 6.54 Å². The van der Waals surface area contributed by atoms with Gasteiger partial charge >= 0.3 is 6.03 Å². The number of carbonyl (C=O) groups excluding carboxylic acids is 2. The lowest BCUT2D eigenvalue weighted by Gasteiger charge is -2.20. The predicted molar refractivity (Wildman–Crippen MR) is 92.3 cm³/mol. The van der Waals surface area contributed by atoms with E-state index < -0.39 is 6.03 Å². The molecular weight excluding hydrogens is 296 g/mol. The molecule has 0 saturated carbocycles. The zero-order valence-electron chi connectivity index (χ0n) is 13.7. The van der Waals surface area contributed by atoms with Crippen molar-refractivity contribution in [3.63, 3.8) is 0 Å². The number of thioether (sulfide) groups is 1. The summed E-state index contributed by atoms with van der Waals surface area (Å²) in [5, 5.41) is 4.80. The Morgan fingerprint density at radius 1 is 1.32 bits per heavy atom. The van der Waals surface area contributed by atoms with Gasteiger partial charge in [0.05, 0.1) is 5.75 Å². The number of amides is 3. The normalized spacial score (nSPS) is 10.9. The summed E-state index contributed by atoms with van der Waals surface area (Å²) in [6.45, 7) is 12.3. The van der Waals surface area contributed by atoms with E-state index in [0.717, 1.165) is 10.5 Å². The SMILES string of the molecule is C=CCNC(=O)NC(=O)CSc1cc(C(C)(C)C)ccc1C. The number of aryl methyl sites for hydroxylation is 1. The van der Waals surface area contributed by atoms with Crippen molar-refractivity contribution in [1.82, 2.24) is 10.6 Å². The molecule has 0 aliphatic heterocycles. The molecule has 0 bridgehead atoms. The Hall–Kier alpha value is -1.75. The standard InChI is InChI=1S/C17H24N2O2S/c1-6-9-18-16(21)19-15(20)11-22-14-10-13(17(3,4)5)8-7-12(14)2/h6-8,10H,1,9,11H2,2-5H3,(H2,18,19,20,21). The molecule has 22 heavy (non-hydrogen) atoms. The van der Waals surface area contributed by atoms with E-state index in [1.165, 1.54) is 17.3 Å². The van der Waals surface area contributed by atoms with Crippen LogP contribution in [0.4, 0.5) is 4.79 Å². The van der Waals surface area contributed by atoms with Gasteiger partial charge < -0.3 is 5.32 Å². The molecule has 0 spiro atoms. The first kappa shape index (κ1) is 18.3. The number of hydrogen-bond donors (Lipinski definition) is 2. The Balaban J connectivity index is 2.62. The van der Waals surface area contributed by atoms with Crippen LogP contribution in [-0.4, -0.2) is 24.2 Å². The van der Waals surface area contributed by atoms with Gasteiger partial charge in [0.15, 0.2) is 0 Å². The molecule has 0 fully saturated rings. The lowest BCUT2D eigenvalue weighted by Crippen LogP contribution is -2.40. The third-order valence-electron chi connectivity index (χ3n) is 3.07. The number of rotatable bonds is 5. The summed E-state index contributed by atoms with van der Waals surface area (Å²) >= 11 is 1.44. The predicted octanol–water partition coefficient (Wildman–Crippen LogP) is 3.40. The lowest BCUT2D eigenvalue weighted by atomic mass is 9.87. The minimum Gasteiger partial charge on any atom is -0.334 e. The summed E-state index contributed by atoms with van der Waals surface area (Å²) < 4.78 is 0. The van der Waals surface area contributed by atoms with E-state index in [9.17, 15) is 9.59 Å². The molecule has 3 amide bonds. The van der Waals surface area contributed by atoms with Crippen LogP contribution >= 0.6 is 11.8 Å². The number of nitrogens with one attached hydrogen (secondary N) is 2. The molecule has 120 valence electrons. The number of hydrogen-bond acceptors (Lipinski definition) is 3. The maximum Gasteiger partial charge on any atom is 0.321 e. The van der Waals surface area contributed by atoms with Crippen LogP contribution in [0.25, 0.3) is 0 Å². The van der Waals surface area contributed by atoms with Gasteiger partial charge in [-0.25, -0.2) is 4.79 Å². The molecular formula is C17H24N2O2S. The van der Waals surface area contributed by atoms with Crippen LogP contribution in [0.1, 0.15) is 31.9 Å². The lowest BCUT2D eigenvalue weighted by molar-refractivity contribution is -0.117. The fourth-order valence-corrected chi connectivity index (χ4v) is 2.60. The smallest absolute Gasteiger partial charge is 0.321 e. The van der Waals surface area contributed by atoms with Gasteiger partial charge in [0, 0.05) is 11.4 Å². The topological polar surface area (TPSA) is 58.2 Å². The fourth-order valence-electron chi connectivity index (χ4n) is 1.74. The maximum absolute atomic E-state index is 11.8. The van der Waals surface area contributed by atoms with Crippen LogP contribution in [0.5, 0.6) is 0 Å². The number of urea groups is 1. The highest BCUT2D eigenvalue weighted by atomic mass is 32.2. The van der Waals surface area contributed by atoms with Crippen molar-refractivity contribution in [2.45, 2.75) is 38.0 Å². The molecule has 1 aromatic carbocycles. The first-order valence-corrected chi connectivity index (χ1v) is 8.15. The van der Waals surface area contributed by atoms with Gasteiger partial charge in [0.25, 0.3) is 0 Å². The zero-order valence-corrected chi connectivity index (χ0v) is 14.5. The molecule has 0 aliphatic rings. The van der Waals surface area contributed by atoms with Crippen LogP contribution in [0.15, 0.2) is 35.7 Å². The zero-order chi connectivity index (χ0) is 16.8. The molecule has 0 aromatic heterocycles. The van der Waals surface area contributed by atoms with Crippen molar-refractivity contribution in [2.75, 3.05) is 12.3 Å². The van der Waals surface area contributed by atoms with Crippen LogP contribution in [0.3, 0.4) is 0 Å². The molecule has 0 aliphatic carbocycles. The first-order valence-electron chi connectivity index (χ1n) is 7.16. The van der Waals surface area contributed by atoms with E-state index in [-0.39, 0.29) is 17.1 Å². The molecule has 0 radical (unpaired) electrons. The molecule has 2 N–H and O–H groups in total. The molecule has 1 rings (SSSR count). The van der Waals surface area contributed by atoms with Crippen molar-refractivity contribution in [1.29, 1.82) is 0 Å². The molecule has 0 atom stereocenters. The van der Waals surface area contributed by atoms with Crippen molar-refractivity contribution < 1.29 is 9.59 Å². The van der Waals surface area contributed by atoms with Gasteiger partial charge in [-0.2, -0.15) is 0 Å². The second-order valence-electron chi connectivity index (χ2n) is 6.07. The molecule has 0 heterocycles. The number of carbonyl (C=O) groups is 2. The van der Waals surface area contributed by atoms with E-state index in [2.05, 4.69) is 56.2 Å². The van der Waals surface area contributed by atoms with Crippen molar-refractivity contribution >= 4 is 23.7 Å². The maximum atomic E-state index is 11.8. The van der Waals surface area contributed by atoms with Gasteiger partial charge in [-0.1, -0.05) is 39.0 Å². The average molecular weight is 320 g/mol. The summed E-state index contributed by atoms with van der Waals surface area (Å²) in [5.41, 5.74) is 2.42. The quantitative estimate of drug-likeness (QED) is 0.646. The van der Waals surface area contributed by atoms with Gasteiger partial charge in [-0.3, -0.25) is 10.1 Å². The molecule has 0 unspecified atom stereocenters. The van der Waals surface area contributed by atoms with E-state index in [4.69, 9.17) is 0 Å². The average Bonchev–Trinajstić information content (AvgIpc) is 2.43. The van der Waals surface area contributed by atoms with E-state index >= 15 is 0 Å². The summed E-state index contributed by atoms with van der Waals surface area (Å²) in [6, 6.07) is 5.80. The highest BCUT2D eigenvalue weighted by Crippen LogP contribution is 2.29. The molecule has 4 nitrogen and oxygen atoms in total. The van der Waals surface area contributed by atoms with Crippen molar-refractivity contribution in [3.8, 4) is 0 Å². The highest BCUT2D eigenvalue weighted by Gasteiger charge is 2.15. The van der Waals surface area contributed by atoms with Crippen molar-refractivity contribution in [3.05, 3.63) is 42.0 Å². The Labute approximate surface area is 136 Å². The van der Waals surface area contributed by atoms with Gasteiger partial charge in [0.1, 0.15) is 0 Å². The van der Waals surface area contributed by atoms with Crippen molar-refractivity contribution in [2.24, 2.45) is 0 Å². The Kier molecular flexibility index (Phi) is 6.68. The Morgan fingerprint density at radius 3 is 2.59 bits per heavy atom.